The normalized spacial score (nSPS) is 13.3. The number of para-hydroxylation sites is 1. The summed E-state index contributed by atoms with van der Waals surface area (Å²) in [6, 6.07) is 5.42. The second-order valence-electron chi connectivity index (χ2n) is 4.77. The van der Waals surface area contributed by atoms with E-state index in [2.05, 4.69) is 10.5 Å². The van der Waals surface area contributed by atoms with E-state index in [1.807, 2.05) is 19.9 Å². The molecule has 110 valence electrons. The molecule has 0 atom stereocenters. The van der Waals surface area contributed by atoms with Crippen LogP contribution in [0.4, 0.5) is 5.69 Å². The number of nitrogens with zero attached hydrogens (tertiary/aromatic N) is 1. The molecule has 3 rings (SSSR count). The second-order valence-corrected chi connectivity index (χ2v) is 4.77. The first kappa shape index (κ1) is 13.5. The first-order valence-electron chi connectivity index (χ1n) is 6.81. The maximum Gasteiger partial charge on any atom is 0.262 e. The van der Waals surface area contributed by atoms with Crippen LogP contribution in [-0.2, 0) is 17.8 Å². The first-order valence-corrected chi connectivity index (χ1v) is 6.81. The molecule has 0 bridgehead atoms. The molecule has 0 fully saturated rings. The molecule has 0 saturated heterocycles. The number of benzene rings is 1. The molecule has 1 aliphatic heterocycles. The van der Waals surface area contributed by atoms with Crippen LogP contribution in [0.1, 0.15) is 23.9 Å². The Morgan fingerprint density at radius 2 is 2.29 bits per heavy atom. The Kier molecular flexibility index (Phi) is 3.51. The summed E-state index contributed by atoms with van der Waals surface area (Å²) in [4.78, 5) is 11.4. The Labute approximate surface area is 122 Å². The number of ether oxygens (including phenoxy) is 2. The van der Waals surface area contributed by atoms with E-state index in [0.29, 0.717) is 23.8 Å². The molecule has 0 unspecified atom stereocenters. The highest BCUT2D eigenvalue weighted by atomic mass is 16.5. The topological polar surface area (TPSA) is 73.6 Å². The summed E-state index contributed by atoms with van der Waals surface area (Å²) in [6.07, 6.45) is 0.781. The number of amides is 1. The van der Waals surface area contributed by atoms with Gasteiger partial charge in [0.2, 0.25) is 0 Å². The number of nitrogens with one attached hydrogen (secondary N) is 1. The molecule has 2 aromatic rings. The van der Waals surface area contributed by atoms with Gasteiger partial charge in [0, 0.05) is 0 Å². The summed E-state index contributed by atoms with van der Waals surface area (Å²) in [5, 5.41) is 6.77. The molecule has 0 aliphatic carbocycles. The van der Waals surface area contributed by atoms with Gasteiger partial charge in [-0.15, -0.1) is 0 Å². The van der Waals surface area contributed by atoms with Crippen molar-refractivity contribution in [2.75, 3.05) is 11.9 Å². The van der Waals surface area contributed by atoms with Crippen LogP contribution >= 0.6 is 0 Å². The lowest BCUT2D eigenvalue weighted by Crippen LogP contribution is -2.25. The highest BCUT2D eigenvalue weighted by molar-refractivity contribution is 5.97. The Bertz CT molecular complexity index is 678. The standard InChI is InChI=1S/C15H16N2O4/c1-3-11-10(9(2)21-17-11)7-19-12-5-4-6-13-15(12)16-14(18)8-20-13/h4-6H,3,7-8H2,1-2H3,(H,16,18). The zero-order valence-electron chi connectivity index (χ0n) is 11.9. The van der Waals surface area contributed by atoms with Gasteiger partial charge in [0.1, 0.15) is 29.6 Å². The van der Waals surface area contributed by atoms with E-state index in [9.17, 15) is 4.79 Å². The molecule has 6 nitrogen and oxygen atoms in total. The minimum atomic E-state index is -0.186. The lowest BCUT2D eigenvalue weighted by atomic mass is 10.1. The minimum absolute atomic E-state index is 0.0290. The molecule has 1 aliphatic rings. The molecular formula is C15H16N2O4. The maximum atomic E-state index is 11.4. The number of rotatable bonds is 4. The second kappa shape index (κ2) is 5.47. The van der Waals surface area contributed by atoms with Gasteiger partial charge in [0.05, 0.1) is 11.3 Å². The van der Waals surface area contributed by atoms with Crippen LogP contribution in [0.2, 0.25) is 0 Å². The van der Waals surface area contributed by atoms with E-state index < -0.39 is 0 Å². The van der Waals surface area contributed by atoms with Crippen molar-refractivity contribution in [3.63, 3.8) is 0 Å². The van der Waals surface area contributed by atoms with E-state index in [1.165, 1.54) is 0 Å². The van der Waals surface area contributed by atoms with Crippen molar-refractivity contribution in [1.29, 1.82) is 0 Å². The monoisotopic (exact) mass is 288 g/mol. The third-order valence-corrected chi connectivity index (χ3v) is 3.38. The first-order chi connectivity index (χ1) is 10.2. The predicted octanol–water partition coefficient (Wildman–Crippen LogP) is 2.46. The van der Waals surface area contributed by atoms with Gasteiger partial charge >= 0.3 is 0 Å². The molecule has 0 radical (unpaired) electrons. The molecule has 1 aromatic heterocycles. The molecule has 6 heteroatoms. The summed E-state index contributed by atoms with van der Waals surface area (Å²) in [5.74, 6) is 1.75. The van der Waals surface area contributed by atoms with Gasteiger partial charge in [-0.3, -0.25) is 4.79 Å². The van der Waals surface area contributed by atoms with Crippen molar-refractivity contribution in [2.24, 2.45) is 0 Å². The average molecular weight is 288 g/mol. The van der Waals surface area contributed by atoms with E-state index in [1.54, 1.807) is 12.1 Å². The van der Waals surface area contributed by atoms with Crippen LogP contribution < -0.4 is 14.8 Å². The third-order valence-electron chi connectivity index (χ3n) is 3.38. The van der Waals surface area contributed by atoms with Gasteiger partial charge in [0.15, 0.2) is 6.61 Å². The van der Waals surface area contributed by atoms with Gasteiger partial charge in [-0.1, -0.05) is 18.1 Å². The number of hydrogen-bond donors (Lipinski definition) is 1. The fraction of sp³-hybridized carbons (Fsp3) is 0.333. The summed E-state index contributed by atoms with van der Waals surface area (Å²) < 4.78 is 16.4. The largest absolute Gasteiger partial charge is 0.486 e. The molecule has 0 saturated carbocycles. The number of carbonyl (C=O) groups excluding carboxylic acids is 1. The van der Waals surface area contributed by atoms with Crippen molar-refractivity contribution in [1.82, 2.24) is 5.16 Å². The minimum Gasteiger partial charge on any atom is -0.486 e. The van der Waals surface area contributed by atoms with Gasteiger partial charge in [0.25, 0.3) is 5.91 Å². The fourth-order valence-corrected chi connectivity index (χ4v) is 2.24. The Balaban J connectivity index is 1.83. The number of carbonyl (C=O) groups is 1. The summed E-state index contributed by atoms with van der Waals surface area (Å²) in [5.41, 5.74) is 2.40. The Hall–Kier alpha value is -2.50. The fourth-order valence-electron chi connectivity index (χ4n) is 2.24. The van der Waals surface area contributed by atoms with E-state index in [0.717, 1.165) is 23.4 Å². The lowest BCUT2D eigenvalue weighted by molar-refractivity contribution is -0.118. The molecule has 1 N–H and O–H groups in total. The van der Waals surface area contributed by atoms with Gasteiger partial charge in [-0.2, -0.15) is 0 Å². The number of hydrogen-bond acceptors (Lipinski definition) is 5. The molecule has 2 heterocycles. The van der Waals surface area contributed by atoms with Crippen LogP contribution in [0.3, 0.4) is 0 Å². The van der Waals surface area contributed by atoms with Crippen LogP contribution in [0.5, 0.6) is 11.5 Å². The van der Waals surface area contributed by atoms with Crippen molar-refractivity contribution in [2.45, 2.75) is 26.9 Å². The van der Waals surface area contributed by atoms with Crippen LogP contribution in [0, 0.1) is 6.92 Å². The molecule has 1 amide bonds. The van der Waals surface area contributed by atoms with Gasteiger partial charge in [-0.05, 0) is 25.5 Å². The third kappa shape index (κ3) is 2.56. The summed E-state index contributed by atoms with van der Waals surface area (Å²) in [6.45, 7) is 4.24. The number of anilines is 1. The highest BCUT2D eigenvalue weighted by Gasteiger charge is 2.20. The predicted molar refractivity (Wildman–Crippen MR) is 75.5 cm³/mol. The summed E-state index contributed by atoms with van der Waals surface area (Å²) in [7, 11) is 0. The van der Waals surface area contributed by atoms with Crippen molar-refractivity contribution >= 4 is 11.6 Å². The smallest absolute Gasteiger partial charge is 0.262 e. The summed E-state index contributed by atoms with van der Waals surface area (Å²) >= 11 is 0. The SMILES string of the molecule is CCc1noc(C)c1COc1cccc2c1NC(=O)CO2. The Morgan fingerprint density at radius 3 is 3.10 bits per heavy atom. The molecule has 1 aromatic carbocycles. The molecule has 21 heavy (non-hydrogen) atoms. The number of aromatic nitrogens is 1. The van der Waals surface area contributed by atoms with Crippen LogP contribution in [0.15, 0.2) is 22.7 Å². The van der Waals surface area contributed by atoms with Crippen molar-refractivity contribution in [3.05, 3.63) is 35.2 Å². The zero-order valence-corrected chi connectivity index (χ0v) is 11.9. The Morgan fingerprint density at radius 1 is 1.43 bits per heavy atom. The molecule has 0 spiro atoms. The van der Waals surface area contributed by atoms with Crippen molar-refractivity contribution in [3.8, 4) is 11.5 Å². The van der Waals surface area contributed by atoms with E-state index in [4.69, 9.17) is 14.0 Å². The van der Waals surface area contributed by atoms with Crippen LogP contribution in [-0.4, -0.2) is 17.7 Å². The van der Waals surface area contributed by atoms with E-state index >= 15 is 0 Å². The highest BCUT2D eigenvalue weighted by Crippen LogP contribution is 2.37. The molecular weight excluding hydrogens is 272 g/mol. The number of fused-ring (bicyclic) bond motifs is 1. The number of aryl methyl sites for hydroxylation is 2. The quantitative estimate of drug-likeness (QED) is 0.935. The van der Waals surface area contributed by atoms with Gasteiger partial charge < -0.3 is 19.3 Å². The van der Waals surface area contributed by atoms with Gasteiger partial charge in [-0.25, -0.2) is 0 Å². The average Bonchev–Trinajstić information content (AvgIpc) is 2.85. The lowest BCUT2D eigenvalue weighted by Gasteiger charge is -2.20. The van der Waals surface area contributed by atoms with Crippen LogP contribution in [0.25, 0.3) is 0 Å². The van der Waals surface area contributed by atoms with E-state index in [-0.39, 0.29) is 12.5 Å². The zero-order chi connectivity index (χ0) is 14.8. The maximum absolute atomic E-state index is 11.4. The van der Waals surface area contributed by atoms with Crippen molar-refractivity contribution < 1.29 is 18.8 Å².